The third-order valence-corrected chi connectivity index (χ3v) is 5.94. The number of methoxy groups -OCH3 is 1. The zero-order valence-corrected chi connectivity index (χ0v) is 18.7. The molecule has 0 saturated heterocycles. The standard InChI is InChI=1S/C24H23F3N6O/c1-16-14-32(15-28-16)20-8-5-11-31(23(20)34-2)12-10-21-29-22-18(9-13-33(22)30-21)17-6-3-4-7-19(17)24(25,26)27/h3-8,10,12,14-15,18H,9,11,13H2,1-2H3/b12-10+/t18-/m0/s1. The zero-order chi connectivity index (χ0) is 23.9. The highest BCUT2D eigenvalue weighted by Gasteiger charge is 2.38. The molecular weight excluding hydrogens is 445 g/mol. The number of rotatable bonds is 5. The summed E-state index contributed by atoms with van der Waals surface area (Å²) in [5, 5.41) is 4.49. The molecule has 3 aromatic rings. The molecule has 2 aliphatic heterocycles. The summed E-state index contributed by atoms with van der Waals surface area (Å²) in [5.74, 6) is 1.18. The lowest BCUT2D eigenvalue weighted by Gasteiger charge is -2.26. The maximum atomic E-state index is 13.5. The molecule has 0 radical (unpaired) electrons. The summed E-state index contributed by atoms with van der Waals surface area (Å²) in [6.07, 6.45) is 7.28. The van der Waals surface area contributed by atoms with Crippen LogP contribution in [0.1, 0.15) is 40.8 Å². The summed E-state index contributed by atoms with van der Waals surface area (Å²) in [7, 11) is 1.60. The van der Waals surface area contributed by atoms with Gasteiger partial charge in [-0.05, 0) is 31.1 Å². The highest BCUT2D eigenvalue weighted by Crippen LogP contribution is 2.40. The van der Waals surface area contributed by atoms with Crippen LogP contribution < -0.4 is 0 Å². The van der Waals surface area contributed by atoms with E-state index in [2.05, 4.69) is 15.1 Å². The number of hydrogen-bond acceptors (Lipinski definition) is 5. The quantitative estimate of drug-likeness (QED) is 0.546. The van der Waals surface area contributed by atoms with E-state index in [0.29, 0.717) is 37.0 Å². The number of aromatic nitrogens is 5. The van der Waals surface area contributed by atoms with Gasteiger partial charge in [0.05, 0.1) is 24.7 Å². The van der Waals surface area contributed by atoms with Crippen LogP contribution in [0.4, 0.5) is 13.2 Å². The van der Waals surface area contributed by atoms with Crippen LogP contribution in [-0.2, 0) is 17.5 Å². The lowest BCUT2D eigenvalue weighted by Crippen LogP contribution is -2.23. The van der Waals surface area contributed by atoms with Crippen LogP contribution in [0, 0.1) is 6.92 Å². The summed E-state index contributed by atoms with van der Waals surface area (Å²) in [6, 6.07) is 5.69. The lowest BCUT2D eigenvalue weighted by atomic mass is 9.92. The SMILES string of the molecule is COC1=C(n2cnc(C)c2)C=CCN1/C=C/c1nc2n(n1)CC[C@H]2c1ccccc1C(F)(F)F. The smallest absolute Gasteiger partial charge is 0.416 e. The average Bonchev–Trinajstić information content (AvgIpc) is 3.52. The maximum absolute atomic E-state index is 13.5. The van der Waals surface area contributed by atoms with Gasteiger partial charge in [0.25, 0.3) is 0 Å². The van der Waals surface area contributed by atoms with Crippen molar-refractivity contribution in [3.05, 3.63) is 89.5 Å². The molecule has 5 rings (SSSR count). The third-order valence-electron chi connectivity index (χ3n) is 5.94. The van der Waals surface area contributed by atoms with Crippen molar-refractivity contribution in [2.45, 2.75) is 32.0 Å². The second-order valence-electron chi connectivity index (χ2n) is 8.16. The first-order valence-electron chi connectivity index (χ1n) is 10.9. The molecule has 1 aromatic carbocycles. The molecule has 1 atom stereocenters. The average molecular weight is 468 g/mol. The highest BCUT2D eigenvalue weighted by molar-refractivity contribution is 5.61. The van der Waals surface area contributed by atoms with Crippen molar-refractivity contribution in [2.75, 3.05) is 13.7 Å². The van der Waals surface area contributed by atoms with E-state index in [-0.39, 0.29) is 5.56 Å². The minimum atomic E-state index is -4.41. The van der Waals surface area contributed by atoms with Gasteiger partial charge >= 0.3 is 6.18 Å². The number of halogens is 3. The van der Waals surface area contributed by atoms with Crippen LogP contribution in [0.3, 0.4) is 0 Å². The van der Waals surface area contributed by atoms with Gasteiger partial charge in [-0.25, -0.2) is 14.6 Å². The highest BCUT2D eigenvalue weighted by atomic mass is 19.4. The molecule has 0 spiro atoms. The molecule has 34 heavy (non-hydrogen) atoms. The Morgan fingerprint density at radius 3 is 2.76 bits per heavy atom. The molecule has 0 N–H and O–H groups in total. The monoisotopic (exact) mass is 468 g/mol. The van der Waals surface area contributed by atoms with Crippen molar-refractivity contribution in [3.8, 4) is 0 Å². The van der Waals surface area contributed by atoms with Crippen LogP contribution in [0.2, 0.25) is 0 Å². The Labute approximate surface area is 194 Å². The van der Waals surface area contributed by atoms with Crippen molar-refractivity contribution in [1.29, 1.82) is 0 Å². The number of fused-ring (bicyclic) bond motifs is 1. The van der Waals surface area contributed by atoms with Gasteiger partial charge in [0, 0.05) is 37.5 Å². The van der Waals surface area contributed by atoms with Crippen LogP contribution in [0.15, 0.2) is 61.0 Å². The first kappa shape index (κ1) is 22.0. The van der Waals surface area contributed by atoms with E-state index in [1.807, 2.05) is 40.9 Å². The summed E-state index contributed by atoms with van der Waals surface area (Å²) in [4.78, 5) is 10.7. The topological polar surface area (TPSA) is 61.0 Å². The molecule has 2 aliphatic rings. The minimum Gasteiger partial charge on any atom is -0.481 e. The Morgan fingerprint density at radius 1 is 1.21 bits per heavy atom. The van der Waals surface area contributed by atoms with Gasteiger partial charge in [-0.2, -0.15) is 18.3 Å². The van der Waals surface area contributed by atoms with Crippen molar-refractivity contribution < 1.29 is 17.9 Å². The number of nitrogens with zero attached hydrogens (tertiary/aromatic N) is 6. The molecule has 0 aliphatic carbocycles. The largest absolute Gasteiger partial charge is 0.481 e. The van der Waals surface area contributed by atoms with Gasteiger partial charge in [0.15, 0.2) is 5.82 Å². The molecule has 4 heterocycles. The normalized spacial score (nSPS) is 18.3. The van der Waals surface area contributed by atoms with Gasteiger partial charge in [-0.15, -0.1) is 0 Å². The second-order valence-corrected chi connectivity index (χ2v) is 8.16. The number of hydrogen-bond donors (Lipinski definition) is 0. The number of ether oxygens (including phenoxy) is 1. The van der Waals surface area contributed by atoms with Gasteiger partial charge in [-0.3, -0.25) is 0 Å². The summed E-state index contributed by atoms with van der Waals surface area (Å²) in [6.45, 7) is 3.02. The molecule has 2 aromatic heterocycles. The Kier molecular flexibility index (Phi) is 5.51. The summed E-state index contributed by atoms with van der Waals surface area (Å²) in [5.41, 5.74) is 1.35. The number of imidazole rings is 1. The Morgan fingerprint density at radius 2 is 2.03 bits per heavy atom. The van der Waals surface area contributed by atoms with E-state index < -0.39 is 17.7 Å². The second kappa shape index (κ2) is 8.51. The van der Waals surface area contributed by atoms with Gasteiger partial charge in [0.2, 0.25) is 5.88 Å². The Balaban J connectivity index is 1.42. The van der Waals surface area contributed by atoms with Gasteiger partial charge in [-0.1, -0.05) is 24.3 Å². The molecule has 10 heteroatoms. The molecule has 0 saturated carbocycles. The molecule has 0 fully saturated rings. The molecule has 176 valence electrons. The van der Waals surface area contributed by atoms with Gasteiger partial charge < -0.3 is 14.2 Å². The summed E-state index contributed by atoms with van der Waals surface area (Å²) < 4.78 is 49.9. The molecular formula is C24H23F3N6O. The van der Waals surface area contributed by atoms with E-state index in [9.17, 15) is 13.2 Å². The minimum absolute atomic E-state index is 0.239. The van der Waals surface area contributed by atoms with E-state index >= 15 is 0 Å². The maximum Gasteiger partial charge on any atom is 0.416 e. The number of aryl methyl sites for hydroxylation is 2. The Hall–Kier alpha value is -3.82. The third kappa shape index (κ3) is 4.00. The fraction of sp³-hybridized carbons (Fsp3) is 0.292. The van der Waals surface area contributed by atoms with Crippen molar-refractivity contribution in [1.82, 2.24) is 29.2 Å². The van der Waals surface area contributed by atoms with Crippen LogP contribution in [0.25, 0.3) is 11.8 Å². The Bertz CT molecular complexity index is 1300. The van der Waals surface area contributed by atoms with Crippen molar-refractivity contribution in [2.24, 2.45) is 0 Å². The van der Waals surface area contributed by atoms with Crippen molar-refractivity contribution >= 4 is 11.8 Å². The molecule has 7 nitrogen and oxygen atoms in total. The van der Waals surface area contributed by atoms with Crippen LogP contribution in [-0.4, -0.2) is 42.9 Å². The predicted molar refractivity (Wildman–Crippen MR) is 120 cm³/mol. The number of benzene rings is 1. The van der Waals surface area contributed by atoms with E-state index in [1.54, 1.807) is 30.3 Å². The zero-order valence-electron chi connectivity index (χ0n) is 18.7. The van der Waals surface area contributed by atoms with E-state index in [4.69, 9.17) is 4.74 Å². The summed E-state index contributed by atoms with van der Waals surface area (Å²) >= 11 is 0. The number of alkyl halides is 3. The van der Waals surface area contributed by atoms with E-state index in [1.165, 1.54) is 12.1 Å². The van der Waals surface area contributed by atoms with Crippen LogP contribution >= 0.6 is 0 Å². The predicted octanol–water partition coefficient (Wildman–Crippen LogP) is 4.65. The molecule has 0 bridgehead atoms. The fourth-order valence-electron chi connectivity index (χ4n) is 4.44. The number of allylic oxidation sites excluding steroid dienone is 2. The first-order valence-corrected chi connectivity index (χ1v) is 10.9. The van der Waals surface area contributed by atoms with Gasteiger partial charge in [0.1, 0.15) is 11.5 Å². The molecule has 0 amide bonds. The molecule has 0 unspecified atom stereocenters. The first-order chi connectivity index (χ1) is 16.3. The van der Waals surface area contributed by atoms with E-state index in [0.717, 1.165) is 17.5 Å². The fourth-order valence-corrected chi connectivity index (χ4v) is 4.44. The van der Waals surface area contributed by atoms with Crippen molar-refractivity contribution in [3.63, 3.8) is 0 Å². The lowest BCUT2D eigenvalue weighted by molar-refractivity contribution is -0.138. The van der Waals surface area contributed by atoms with Crippen LogP contribution in [0.5, 0.6) is 0 Å².